The van der Waals surface area contributed by atoms with E-state index in [0.29, 0.717) is 0 Å². The van der Waals surface area contributed by atoms with E-state index >= 15 is 0 Å². The van der Waals surface area contributed by atoms with Crippen LogP contribution in [0, 0.1) is 0 Å². The fourth-order valence-corrected chi connectivity index (χ4v) is 1.68. The highest BCUT2D eigenvalue weighted by molar-refractivity contribution is 6.02. The van der Waals surface area contributed by atoms with Gasteiger partial charge in [-0.1, -0.05) is 0 Å². The van der Waals surface area contributed by atoms with Gasteiger partial charge in [0, 0.05) is 17.1 Å². The average Bonchev–Trinajstić information content (AvgIpc) is 2.43. The smallest absolute Gasteiger partial charge is 0.261 e. The molecule has 0 spiro atoms. The Hall–Kier alpha value is -2.58. The maximum atomic E-state index is 13.8. The Balaban J connectivity index is 3.24. The summed E-state index contributed by atoms with van der Waals surface area (Å²) < 4.78 is 41.3. The van der Waals surface area contributed by atoms with Gasteiger partial charge < -0.3 is 16.0 Å². The fraction of sp³-hybridized carbons (Fsp3) is 0.500. The van der Waals surface area contributed by atoms with Crippen LogP contribution in [0.25, 0.3) is 0 Å². The maximum Gasteiger partial charge on any atom is 0.261 e. The number of amides is 3. The van der Waals surface area contributed by atoms with Gasteiger partial charge in [-0.05, 0) is 59.7 Å². The van der Waals surface area contributed by atoms with Crippen LogP contribution in [-0.2, 0) is 14.4 Å². The number of hydrogen-bond acceptors (Lipinski definition) is 3. The number of carbonyl (C=O) groups excluding carboxylic acids is 3. The lowest BCUT2D eigenvalue weighted by Gasteiger charge is -2.19. The second-order valence-electron chi connectivity index (χ2n) is 7.58. The number of nitrogens with one attached hydrogen (secondary N) is 3. The van der Waals surface area contributed by atoms with E-state index in [1.807, 2.05) is 0 Å². The Bertz CT molecular complexity index is 633. The second kappa shape index (κ2) is 7.58. The summed E-state index contributed by atoms with van der Waals surface area (Å²) in [5, 5.41) is 6.85. The zero-order valence-electron chi connectivity index (χ0n) is 16.1. The van der Waals surface area contributed by atoms with Crippen molar-refractivity contribution in [2.45, 2.75) is 58.5 Å². The summed E-state index contributed by atoms with van der Waals surface area (Å²) in [6.45, 7) is 6.30. The summed E-state index contributed by atoms with van der Waals surface area (Å²) in [5.41, 5.74) is -6.51. The molecule has 1 aromatic rings. The highest BCUT2D eigenvalue weighted by Crippen LogP contribution is 2.26. The topological polar surface area (TPSA) is 87.3 Å². The van der Waals surface area contributed by atoms with Gasteiger partial charge in [0.05, 0.1) is 0 Å². The van der Waals surface area contributed by atoms with Gasteiger partial charge in [0.15, 0.2) is 17.0 Å². The molecule has 0 unspecified atom stereocenters. The number of halogens is 3. The van der Waals surface area contributed by atoms with Crippen LogP contribution in [0.15, 0.2) is 18.2 Å². The number of hydrogen-bond donors (Lipinski definition) is 3. The summed E-state index contributed by atoms with van der Waals surface area (Å²) in [4.78, 5) is 35.5. The third kappa shape index (κ3) is 6.92. The van der Waals surface area contributed by atoms with E-state index in [0.717, 1.165) is 41.5 Å². The van der Waals surface area contributed by atoms with Crippen LogP contribution < -0.4 is 16.0 Å². The number of alkyl halides is 3. The van der Waals surface area contributed by atoms with E-state index in [9.17, 15) is 27.6 Å². The van der Waals surface area contributed by atoms with E-state index in [-0.39, 0.29) is 17.1 Å². The lowest BCUT2D eigenvalue weighted by atomic mass is 10.1. The third-order valence-corrected chi connectivity index (χ3v) is 3.33. The molecule has 0 atom stereocenters. The first kappa shape index (κ1) is 22.5. The maximum absolute atomic E-state index is 13.8. The molecular weight excluding hydrogens is 363 g/mol. The summed E-state index contributed by atoms with van der Waals surface area (Å²) in [6, 6.07) is 3.76. The number of anilines is 3. The summed E-state index contributed by atoms with van der Waals surface area (Å²) >= 11 is 0. The van der Waals surface area contributed by atoms with Crippen molar-refractivity contribution in [1.82, 2.24) is 0 Å². The van der Waals surface area contributed by atoms with Crippen molar-refractivity contribution in [3.05, 3.63) is 18.2 Å². The van der Waals surface area contributed by atoms with Crippen molar-refractivity contribution in [1.29, 1.82) is 0 Å². The number of rotatable bonds is 6. The van der Waals surface area contributed by atoms with Crippen molar-refractivity contribution in [3.8, 4) is 0 Å². The molecule has 27 heavy (non-hydrogen) atoms. The van der Waals surface area contributed by atoms with Crippen molar-refractivity contribution < 1.29 is 27.6 Å². The fourth-order valence-electron chi connectivity index (χ4n) is 1.68. The predicted molar refractivity (Wildman–Crippen MR) is 97.9 cm³/mol. The van der Waals surface area contributed by atoms with Gasteiger partial charge >= 0.3 is 0 Å². The molecule has 3 N–H and O–H groups in total. The zero-order valence-corrected chi connectivity index (χ0v) is 16.1. The highest BCUT2D eigenvalue weighted by atomic mass is 19.2. The van der Waals surface area contributed by atoms with Crippen LogP contribution in [-0.4, -0.2) is 34.7 Å². The van der Waals surface area contributed by atoms with Gasteiger partial charge in [-0.3, -0.25) is 14.4 Å². The molecule has 150 valence electrons. The van der Waals surface area contributed by atoms with Crippen LogP contribution in [0.2, 0.25) is 0 Å². The summed E-state index contributed by atoms with van der Waals surface area (Å²) in [6.07, 6.45) is 0. The van der Waals surface area contributed by atoms with E-state index in [1.165, 1.54) is 18.2 Å². The standard InChI is InChI=1S/C18H24F3N3O3/c1-16(2,19)13(25)22-10-7-11(23-14(26)17(3,4)20)9-12(8-10)24-15(27)18(5,6)21/h7-9H,1-6H3,(H,22,25)(H,23,26)(H,24,27). The molecule has 3 amide bonds. The van der Waals surface area contributed by atoms with Crippen LogP contribution in [0.4, 0.5) is 30.2 Å². The number of benzene rings is 1. The lowest BCUT2D eigenvalue weighted by molar-refractivity contribution is -0.125. The molecule has 9 heteroatoms. The summed E-state index contributed by atoms with van der Waals surface area (Å²) in [5.74, 6) is -2.92. The highest BCUT2D eigenvalue weighted by Gasteiger charge is 2.29. The first-order chi connectivity index (χ1) is 12.0. The monoisotopic (exact) mass is 387 g/mol. The van der Waals surface area contributed by atoms with Gasteiger partial charge in [0.25, 0.3) is 17.7 Å². The SMILES string of the molecule is CC(C)(F)C(=O)Nc1cc(NC(=O)C(C)(C)F)cc(NC(=O)C(C)(C)F)c1. The Morgan fingerprint density at radius 1 is 0.593 bits per heavy atom. The van der Waals surface area contributed by atoms with Crippen LogP contribution in [0.3, 0.4) is 0 Å². The predicted octanol–water partition coefficient (Wildman–Crippen LogP) is 3.75. The minimum Gasteiger partial charge on any atom is -0.323 e. The first-order valence-electron chi connectivity index (χ1n) is 8.16. The van der Waals surface area contributed by atoms with Gasteiger partial charge in [0.1, 0.15) is 0 Å². The van der Waals surface area contributed by atoms with Gasteiger partial charge in [0.2, 0.25) is 0 Å². The molecule has 0 aliphatic heterocycles. The van der Waals surface area contributed by atoms with Crippen LogP contribution >= 0.6 is 0 Å². The molecule has 1 rings (SSSR count). The van der Waals surface area contributed by atoms with Crippen molar-refractivity contribution in [2.24, 2.45) is 0 Å². The quantitative estimate of drug-likeness (QED) is 0.695. The molecular formula is C18H24F3N3O3. The molecule has 0 aromatic heterocycles. The molecule has 0 saturated carbocycles. The third-order valence-electron chi connectivity index (χ3n) is 3.33. The molecule has 0 aliphatic rings. The zero-order chi connectivity index (χ0) is 21.2. The Labute approximate surface area is 155 Å². The van der Waals surface area contributed by atoms with E-state index in [4.69, 9.17) is 0 Å². The summed E-state index contributed by atoms with van der Waals surface area (Å²) in [7, 11) is 0. The normalized spacial score (nSPS) is 12.3. The Morgan fingerprint density at radius 2 is 0.778 bits per heavy atom. The largest absolute Gasteiger partial charge is 0.323 e. The minimum absolute atomic E-state index is 0.0205. The van der Waals surface area contributed by atoms with Crippen molar-refractivity contribution in [2.75, 3.05) is 16.0 Å². The molecule has 0 heterocycles. The molecule has 1 aromatic carbocycles. The van der Waals surface area contributed by atoms with Crippen LogP contribution in [0.1, 0.15) is 41.5 Å². The first-order valence-corrected chi connectivity index (χ1v) is 8.16. The van der Waals surface area contributed by atoms with Crippen LogP contribution in [0.5, 0.6) is 0 Å². The lowest BCUT2D eigenvalue weighted by Crippen LogP contribution is -2.34. The second-order valence-corrected chi connectivity index (χ2v) is 7.58. The Morgan fingerprint density at radius 3 is 0.926 bits per heavy atom. The van der Waals surface area contributed by atoms with Crippen molar-refractivity contribution >= 4 is 34.8 Å². The number of carbonyl (C=O) groups is 3. The van der Waals surface area contributed by atoms with E-state index in [1.54, 1.807) is 0 Å². The Kier molecular flexibility index (Phi) is 6.30. The molecule has 0 radical (unpaired) electrons. The minimum atomic E-state index is -2.19. The van der Waals surface area contributed by atoms with Gasteiger partial charge in [-0.2, -0.15) is 0 Å². The molecule has 0 fully saturated rings. The molecule has 0 aliphatic carbocycles. The van der Waals surface area contributed by atoms with E-state index < -0.39 is 34.7 Å². The van der Waals surface area contributed by atoms with Gasteiger partial charge in [-0.15, -0.1) is 0 Å². The van der Waals surface area contributed by atoms with Gasteiger partial charge in [-0.25, -0.2) is 13.2 Å². The molecule has 0 saturated heterocycles. The van der Waals surface area contributed by atoms with E-state index in [2.05, 4.69) is 16.0 Å². The average molecular weight is 387 g/mol. The van der Waals surface area contributed by atoms with Crippen molar-refractivity contribution in [3.63, 3.8) is 0 Å². The molecule has 0 bridgehead atoms. The molecule has 6 nitrogen and oxygen atoms in total.